The molecule has 0 fully saturated rings. The molecule has 0 atom stereocenters. The van der Waals surface area contributed by atoms with Crippen LogP contribution in [-0.4, -0.2) is 27.7 Å². The topological polar surface area (TPSA) is 80.1 Å². The van der Waals surface area contributed by atoms with Crippen molar-refractivity contribution in [3.8, 4) is 0 Å². The Morgan fingerprint density at radius 3 is 2.52 bits per heavy atom. The fraction of sp³-hybridized carbons (Fsp3) is 0.158. The molecule has 7 nitrogen and oxygen atoms in total. The van der Waals surface area contributed by atoms with Crippen molar-refractivity contribution in [3.63, 3.8) is 0 Å². The van der Waals surface area contributed by atoms with E-state index in [1.54, 1.807) is 43.5 Å². The first-order valence-electron chi connectivity index (χ1n) is 8.20. The molecule has 138 valence electrons. The van der Waals surface area contributed by atoms with Crippen molar-refractivity contribution in [2.45, 2.75) is 6.54 Å². The highest BCUT2D eigenvalue weighted by atomic mass is 35.5. The van der Waals surface area contributed by atoms with Gasteiger partial charge in [-0.25, -0.2) is 4.68 Å². The van der Waals surface area contributed by atoms with Crippen molar-refractivity contribution in [3.05, 3.63) is 81.5 Å². The second-order valence-corrected chi connectivity index (χ2v) is 6.30. The van der Waals surface area contributed by atoms with E-state index in [2.05, 4.69) is 15.4 Å². The molecular weight excluding hydrogens is 366 g/mol. The molecule has 0 aliphatic carbocycles. The van der Waals surface area contributed by atoms with Crippen LogP contribution < -0.4 is 15.8 Å². The number of aryl methyl sites for hydroxylation is 1. The number of carbonyl (C=O) groups excluding carboxylic acids is 1. The fourth-order valence-corrected chi connectivity index (χ4v) is 2.71. The van der Waals surface area contributed by atoms with E-state index in [0.717, 1.165) is 11.3 Å². The van der Waals surface area contributed by atoms with Crippen LogP contribution in [0.2, 0.25) is 5.02 Å². The number of halogens is 1. The summed E-state index contributed by atoms with van der Waals surface area (Å²) < 4.78 is 1.18. The van der Waals surface area contributed by atoms with E-state index in [4.69, 9.17) is 11.6 Å². The zero-order valence-electron chi connectivity index (χ0n) is 14.9. The van der Waals surface area contributed by atoms with Crippen molar-refractivity contribution in [2.75, 3.05) is 17.3 Å². The third kappa shape index (κ3) is 4.15. The number of anilines is 2. The van der Waals surface area contributed by atoms with Gasteiger partial charge in [0, 0.05) is 44.3 Å². The van der Waals surface area contributed by atoms with Crippen LogP contribution in [0.3, 0.4) is 0 Å². The number of hydrogen-bond donors (Lipinski definition) is 1. The highest BCUT2D eigenvalue weighted by molar-refractivity contribution is 6.32. The quantitative estimate of drug-likeness (QED) is 0.732. The molecule has 27 heavy (non-hydrogen) atoms. The van der Waals surface area contributed by atoms with Gasteiger partial charge in [0.05, 0.1) is 11.9 Å². The van der Waals surface area contributed by atoms with Gasteiger partial charge in [-0.05, 0) is 29.8 Å². The number of nitrogens with zero attached hydrogens (tertiary/aromatic N) is 4. The minimum atomic E-state index is -0.353. The van der Waals surface area contributed by atoms with Gasteiger partial charge in [-0.1, -0.05) is 23.7 Å². The van der Waals surface area contributed by atoms with E-state index in [-0.39, 0.29) is 16.5 Å². The van der Waals surface area contributed by atoms with Gasteiger partial charge in [-0.15, -0.1) is 0 Å². The number of hydrogen-bond acceptors (Lipinski definition) is 5. The first-order chi connectivity index (χ1) is 13.0. The van der Waals surface area contributed by atoms with Crippen LogP contribution >= 0.6 is 11.6 Å². The Morgan fingerprint density at radius 1 is 1.19 bits per heavy atom. The van der Waals surface area contributed by atoms with E-state index in [9.17, 15) is 9.59 Å². The van der Waals surface area contributed by atoms with Gasteiger partial charge in [0.15, 0.2) is 0 Å². The minimum absolute atomic E-state index is 0.104. The Hall–Kier alpha value is -3.19. The van der Waals surface area contributed by atoms with Crippen LogP contribution in [0.1, 0.15) is 15.9 Å². The molecule has 3 rings (SSSR count). The second-order valence-electron chi connectivity index (χ2n) is 5.92. The van der Waals surface area contributed by atoms with Crippen molar-refractivity contribution in [1.82, 2.24) is 14.8 Å². The molecule has 1 N–H and O–H groups in total. The number of pyridine rings is 1. The largest absolute Gasteiger partial charge is 0.378 e. The van der Waals surface area contributed by atoms with E-state index >= 15 is 0 Å². The molecule has 0 bridgehead atoms. The highest BCUT2D eigenvalue weighted by Gasteiger charge is 2.13. The van der Waals surface area contributed by atoms with Crippen LogP contribution in [0, 0.1) is 0 Å². The van der Waals surface area contributed by atoms with Crippen molar-refractivity contribution >= 4 is 28.9 Å². The third-order valence-electron chi connectivity index (χ3n) is 4.12. The Morgan fingerprint density at radius 2 is 1.85 bits per heavy atom. The Balaban J connectivity index is 1.68. The van der Waals surface area contributed by atoms with Gasteiger partial charge in [0.1, 0.15) is 5.02 Å². The molecule has 0 unspecified atom stereocenters. The molecule has 0 spiro atoms. The summed E-state index contributed by atoms with van der Waals surface area (Å²) in [6.45, 7) is 0.469. The van der Waals surface area contributed by atoms with Gasteiger partial charge < -0.3 is 10.2 Å². The monoisotopic (exact) mass is 383 g/mol. The van der Waals surface area contributed by atoms with Crippen LogP contribution in [0.5, 0.6) is 0 Å². The average molecular weight is 384 g/mol. The summed E-state index contributed by atoms with van der Waals surface area (Å²) in [5, 5.41) is 7.15. The second kappa shape index (κ2) is 8.01. The molecule has 1 aromatic carbocycles. The summed E-state index contributed by atoms with van der Waals surface area (Å²) >= 11 is 6.04. The average Bonchev–Trinajstić information content (AvgIpc) is 2.71. The van der Waals surface area contributed by atoms with Gasteiger partial charge in [0.25, 0.3) is 11.5 Å². The maximum Gasteiger partial charge on any atom is 0.287 e. The van der Waals surface area contributed by atoms with E-state index in [0.29, 0.717) is 17.8 Å². The molecule has 2 heterocycles. The summed E-state index contributed by atoms with van der Waals surface area (Å²) in [6, 6.07) is 10.9. The number of carbonyl (C=O) groups is 1. The van der Waals surface area contributed by atoms with Gasteiger partial charge in [-0.3, -0.25) is 14.6 Å². The molecule has 3 aromatic rings. The number of nitrogens with one attached hydrogen (secondary N) is 1. The van der Waals surface area contributed by atoms with Crippen molar-refractivity contribution in [2.24, 2.45) is 7.05 Å². The number of aromatic nitrogens is 3. The maximum atomic E-state index is 12.5. The van der Waals surface area contributed by atoms with E-state index in [1.807, 2.05) is 24.3 Å². The summed E-state index contributed by atoms with van der Waals surface area (Å²) in [5.41, 5.74) is 2.45. The van der Waals surface area contributed by atoms with Crippen LogP contribution in [0.15, 0.2) is 59.8 Å². The predicted octanol–water partition coefficient (Wildman–Crippen LogP) is 2.72. The number of rotatable bonds is 5. The van der Waals surface area contributed by atoms with Crippen LogP contribution in [-0.2, 0) is 13.6 Å². The third-order valence-corrected chi connectivity index (χ3v) is 4.48. The molecule has 0 radical (unpaired) electrons. The lowest BCUT2D eigenvalue weighted by molar-refractivity contribution is 0.0993. The summed E-state index contributed by atoms with van der Waals surface area (Å²) in [5.74, 6) is -0.110. The minimum Gasteiger partial charge on any atom is -0.378 e. The first kappa shape index (κ1) is 18.6. The number of benzene rings is 1. The zero-order chi connectivity index (χ0) is 19.4. The molecular formula is C19H18ClN5O2. The lowest BCUT2D eigenvalue weighted by Gasteiger charge is -2.18. The summed E-state index contributed by atoms with van der Waals surface area (Å²) in [7, 11) is 3.27. The fourth-order valence-electron chi connectivity index (χ4n) is 2.47. The Kier molecular flexibility index (Phi) is 5.52. The summed E-state index contributed by atoms with van der Waals surface area (Å²) in [4.78, 5) is 29.8. The summed E-state index contributed by atoms with van der Waals surface area (Å²) in [6.07, 6.45) is 4.69. The Bertz CT molecular complexity index is 1000. The SMILES string of the molecule is CN(C(=O)c1ccncc1)c1ccc(CNc2cnn(C)c(=O)c2Cl)cc1. The normalized spacial score (nSPS) is 10.5. The van der Waals surface area contributed by atoms with Crippen LogP contribution in [0.4, 0.5) is 11.4 Å². The smallest absolute Gasteiger partial charge is 0.287 e. The van der Waals surface area contributed by atoms with Gasteiger partial charge >= 0.3 is 0 Å². The maximum absolute atomic E-state index is 12.5. The Labute approximate surface area is 161 Å². The molecule has 0 aliphatic heterocycles. The van der Waals surface area contributed by atoms with Crippen LogP contribution in [0.25, 0.3) is 0 Å². The van der Waals surface area contributed by atoms with Crippen molar-refractivity contribution in [1.29, 1.82) is 0 Å². The van der Waals surface area contributed by atoms with Crippen molar-refractivity contribution < 1.29 is 4.79 Å². The number of amides is 1. The lowest BCUT2D eigenvalue weighted by atomic mass is 10.1. The lowest BCUT2D eigenvalue weighted by Crippen LogP contribution is -2.26. The zero-order valence-corrected chi connectivity index (χ0v) is 15.6. The van der Waals surface area contributed by atoms with E-state index in [1.165, 1.54) is 10.9 Å². The molecule has 0 saturated carbocycles. The van der Waals surface area contributed by atoms with E-state index < -0.39 is 0 Å². The first-order valence-corrected chi connectivity index (χ1v) is 8.58. The molecule has 0 saturated heterocycles. The molecule has 2 aromatic heterocycles. The highest BCUT2D eigenvalue weighted by Crippen LogP contribution is 2.19. The molecule has 1 amide bonds. The molecule has 8 heteroatoms. The van der Waals surface area contributed by atoms with Gasteiger partial charge in [0.2, 0.25) is 0 Å². The molecule has 0 aliphatic rings. The predicted molar refractivity (Wildman–Crippen MR) is 105 cm³/mol. The standard InChI is InChI=1S/C19H18ClN5O2/c1-24(18(26)14-7-9-21-10-8-14)15-5-3-13(4-6-15)11-22-16-12-23-25(2)19(27)17(16)20/h3-10,12,22H,11H2,1-2H3. The van der Waals surface area contributed by atoms with Gasteiger partial charge in [-0.2, -0.15) is 5.10 Å².